The van der Waals surface area contributed by atoms with Gasteiger partial charge in [-0.2, -0.15) is 0 Å². The minimum atomic E-state index is -0.761. The summed E-state index contributed by atoms with van der Waals surface area (Å²) in [5, 5.41) is 12.1. The van der Waals surface area contributed by atoms with E-state index in [0.717, 1.165) is 25.0 Å². The van der Waals surface area contributed by atoms with Gasteiger partial charge in [0.25, 0.3) is 11.8 Å². The van der Waals surface area contributed by atoms with Gasteiger partial charge in [0.15, 0.2) is 0 Å². The highest BCUT2D eigenvalue weighted by atomic mass is 19.1. The first kappa shape index (κ1) is 23.6. The highest BCUT2D eigenvalue weighted by molar-refractivity contribution is 5.94. The van der Waals surface area contributed by atoms with Crippen LogP contribution in [0.15, 0.2) is 24.4 Å². The number of aliphatic carboxylic acids is 1. The average molecular weight is 472 g/mol. The van der Waals surface area contributed by atoms with Crippen molar-refractivity contribution in [2.24, 2.45) is 11.8 Å². The number of carbonyl (C=O) groups is 2. The zero-order valence-corrected chi connectivity index (χ0v) is 19.0. The Labute approximate surface area is 195 Å². The van der Waals surface area contributed by atoms with Crippen molar-refractivity contribution in [3.63, 3.8) is 0 Å². The zero-order valence-electron chi connectivity index (χ0n) is 19.0. The largest absolute Gasteiger partial charge is 0.481 e. The van der Waals surface area contributed by atoms with Crippen molar-refractivity contribution in [2.45, 2.75) is 46.1 Å². The standard InChI is InChI=1S/C24H26F2N4O4/c1-13-11-30-20(22(31)27-10-15-6-8-16(9-7-15)24(32)33)14(2)29-21(30)23(28-13)34-12-17-18(25)4-3-5-19(17)26/h3-5,11,15-16H,6-10,12H2,1-2H3,(H,27,31)(H,32,33)/t15-,16-. The lowest BCUT2D eigenvalue weighted by Crippen LogP contribution is -2.33. The molecule has 0 spiro atoms. The SMILES string of the molecule is Cc1cn2c(C(=O)NC[C@H]3CC[C@H](C(=O)O)CC3)c(C)nc2c(OCc2c(F)cccc2F)n1. The van der Waals surface area contributed by atoms with E-state index in [9.17, 15) is 18.4 Å². The predicted molar refractivity (Wildman–Crippen MR) is 119 cm³/mol. The van der Waals surface area contributed by atoms with Crippen molar-refractivity contribution in [1.82, 2.24) is 19.7 Å². The first-order valence-electron chi connectivity index (χ1n) is 11.2. The van der Waals surface area contributed by atoms with Gasteiger partial charge in [0.2, 0.25) is 5.65 Å². The van der Waals surface area contributed by atoms with Crippen molar-refractivity contribution in [3.8, 4) is 5.88 Å². The maximum atomic E-state index is 14.0. The van der Waals surface area contributed by atoms with E-state index in [1.165, 1.54) is 6.07 Å². The Kier molecular flexibility index (Phi) is 6.76. The number of imidazole rings is 1. The number of benzene rings is 1. The van der Waals surface area contributed by atoms with Crippen LogP contribution in [0.3, 0.4) is 0 Å². The van der Waals surface area contributed by atoms with E-state index < -0.39 is 17.6 Å². The molecule has 1 saturated carbocycles. The van der Waals surface area contributed by atoms with Gasteiger partial charge in [-0.25, -0.2) is 18.7 Å². The molecule has 10 heteroatoms. The van der Waals surface area contributed by atoms with Crippen molar-refractivity contribution in [2.75, 3.05) is 6.54 Å². The maximum absolute atomic E-state index is 14.0. The molecular weight excluding hydrogens is 446 g/mol. The number of aryl methyl sites for hydroxylation is 2. The molecule has 34 heavy (non-hydrogen) atoms. The molecule has 0 atom stereocenters. The summed E-state index contributed by atoms with van der Waals surface area (Å²) in [5.41, 5.74) is 1.37. The lowest BCUT2D eigenvalue weighted by molar-refractivity contribution is -0.143. The molecule has 1 fully saturated rings. The van der Waals surface area contributed by atoms with Crippen LogP contribution < -0.4 is 10.1 Å². The van der Waals surface area contributed by atoms with Crippen LogP contribution in [0.2, 0.25) is 0 Å². The first-order valence-corrected chi connectivity index (χ1v) is 11.2. The Morgan fingerprint density at radius 2 is 1.82 bits per heavy atom. The van der Waals surface area contributed by atoms with E-state index in [4.69, 9.17) is 9.84 Å². The number of ether oxygens (including phenoxy) is 1. The van der Waals surface area contributed by atoms with Gasteiger partial charge < -0.3 is 15.2 Å². The summed E-state index contributed by atoms with van der Waals surface area (Å²) in [6.07, 6.45) is 4.37. The molecule has 0 aliphatic heterocycles. The summed E-state index contributed by atoms with van der Waals surface area (Å²) in [5.74, 6) is -2.54. The monoisotopic (exact) mass is 472 g/mol. The minimum Gasteiger partial charge on any atom is -0.481 e. The third-order valence-corrected chi connectivity index (χ3v) is 6.25. The molecule has 0 saturated heterocycles. The lowest BCUT2D eigenvalue weighted by atomic mass is 9.82. The summed E-state index contributed by atoms with van der Waals surface area (Å²) in [7, 11) is 0. The van der Waals surface area contributed by atoms with Crippen LogP contribution in [0.25, 0.3) is 5.65 Å². The van der Waals surface area contributed by atoms with E-state index in [1.807, 2.05) is 0 Å². The molecule has 4 rings (SSSR count). The van der Waals surface area contributed by atoms with Crippen molar-refractivity contribution < 1.29 is 28.2 Å². The third-order valence-electron chi connectivity index (χ3n) is 6.25. The van der Waals surface area contributed by atoms with Crippen LogP contribution in [0.1, 0.15) is 53.1 Å². The number of carboxylic acids is 1. The van der Waals surface area contributed by atoms with Crippen molar-refractivity contribution in [1.29, 1.82) is 0 Å². The van der Waals surface area contributed by atoms with Gasteiger partial charge in [-0.3, -0.25) is 14.0 Å². The number of aromatic nitrogens is 3. The molecule has 2 N–H and O–H groups in total. The molecule has 180 valence electrons. The van der Waals surface area contributed by atoms with Crippen molar-refractivity contribution in [3.05, 3.63) is 58.7 Å². The second kappa shape index (κ2) is 9.74. The molecule has 2 heterocycles. The Hall–Kier alpha value is -3.56. The third kappa shape index (κ3) is 4.85. The van der Waals surface area contributed by atoms with Gasteiger partial charge in [-0.1, -0.05) is 6.07 Å². The second-order valence-corrected chi connectivity index (χ2v) is 8.68. The Morgan fingerprint density at radius 1 is 1.15 bits per heavy atom. The van der Waals surface area contributed by atoms with Gasteiger partial charge in [-0.15, -0.1) is 0 Å². The van der Waals surface area contributed by atoms with Crippen LogP contribution in [0, 0.1) is 37.3 Å². The van der Waals surface area contributed by atoms with E-state index in [2.05, 4.69) is 15.3 Å². The number of hydrogen-bond acceptors (Lipinski definition) is 5. The fourth-order valence-electron chi connectivity index (χ4n) is 4.36. The molecule has 0 bridgehead atoms. The van der Waals surface area contributed by atoms with Crippen LogP contribution in [-0.4, -0.2) is 37.9 Å². The molecule has 3 aromatic rings. The number of hydrogen-bond donors (Lipinski definition) is 2. The maximum Gasteiger partial charge on any atom is 0.306 e. The fourth-order valence-corrected chi connectivity index (χ4v) is 4.36. The van der Waals surface area contributed by atoms with Gasteiger partial charge in [-0.05, 0) is 57.6 Å². The first-order chi connectivity index (χ1) is 16.2. The van der Waals surface area contributed by atoms with E-state index >= 15 is 0 Å². The molecule has 1 amide bonds. The Bertz CT molecular complexity index is 1220. The summed E-state index contributed by atoms with van der Waals surface area (Å²) >= 11 is 0. The molecule has 0 radical (unpaired) electrons. The normalized spacial score (nSPS) is 18.1. The quantitative estimate of drug-likeness (QED) is 0.542. The van der Waals surface area contributed by atoms with E-state index in [1.54, 1.807) is 24.4 Å². The Balaban J connectivity index is 1.50. The number of nitrogens with zero attached hydrogens (tertiary/aromatic N) is 3. The summed E-state index contributed by atoms with van der Waals surface area (Å²) in [6, 6.07) is 3.58. The number of amides is 1. The van der Waals surface area contributed by atoms with Gasteiger partial charge in [0, 0.05) is 12.7 Å². The number of rotatable bonds is 7. The Morgan fingerprint density at radius 3 is 2.47 bits per heavy atom. The molecule has 8 nitrogen and oxygen atoms in total. The highest BCUT2D eigenvalue weighted by Crippen LogP contribution is 2.29. The van der Waals surface area contributed by atoms with Crippen LogP contribution in [-0.2, 0) is 11.4 Å². The number of halogens is 2. The molecular formula is C24H26F2N4O4. The summed E-state index contributed by atoms with van der Waals surface area (Å²) in [4.78, 5) is 32.9. The van der Waals surface area contributed by atoms with Crippen molar-refractivity contribution >= 4 is 17.5 Å². The van der Waals surface area contributed by atoms with E-state index in [0.29, 0.717) is 36.5 Å². The topological polar surface area (TPSA) is 106 Å². The number of nitrogens with one attached hydrogen (secondary N) is 1. The average Bonchev–Trinajstić information content (AvgIpc) is 3.13. The zero-order chi connectivity index (χ0) is 24.4. The number of carboxylic acid groups (broad SMARTS) is 1. The smallest absolute Gasteiger partial charge is 0.306 e. The highest BCUT2D eigenvalue weighted by Gasteiger charge is 2.27. The van der Waals surface area contributed by atoms with Gasteiger partial charge in [0.1, 0.15) is 23.9 Å². The molecule has 0 unspecified atom stereocenters. The van der Waals surface area contributed by atoms with E-state index in [-0.39, 0.29) is 41.4 Å². The summed E-state index contributed by atoms with van der Waals surface area (Å²) in [6.45, 7) is 3.47. The second-order valence-electron chi connectivity index (χ2n) is 8.68. The van der Waals surface area contributed by atoms with Gasteiger partial charge >= 0.3 is 5.97 Å². The van der Waals surface area contributed by atoms with Gasteiger partial charge in [0.05, 0.1) is 22.9 Å². The molecule has 1 aliphatic rings. The minimum absolute atomic E-state index is 0.0665. The van der Waals surface area contributed by atoms with Crippen LogP contribution in [0.4, 0.5) is 8.78 Å². The number of fused-ring (bicyclic) bond motifs is 1. The van der Waals surface area contributed by atoms with Crippen LogP contribution in [0.5, 0.6) is 5.88 Å². The molecule has 1 aliphatic carbocycles. The fraction of sp³-hybridized carbons (Fsp3) is 0.417. The molecule has 1 aromatic carbocycles. The summed E-state index contributed by atoms with van der Waals surface area (Å²) < 4.78 is 35.1. The van der Waals surface area contributed by atoms with Crippen LogP contribution >= 0.6 is 0 Å². The number of carbonyl (C=O) groups excluding carboxylic acids is 1. The predicted octanol–water partition coefficient (Wildman–Crippen LogP) is 3.82. The molecule has 2 aromatic heterocycles. The lowest BCUT2D eigenvalue weighted by Gasteiger charge is -2.26.